The van der Waals surface area contributed by atoms with Crippen LogP contribution in [0.5, 0.6) is 5.75 Å². The molecule has 1 N–H and O–H groups in total. The van der Waals surface area contributed by atoms with E-state index in [1.807, 2.05) is 13.8 Å². The zero-order chi connectivity index (χ0) is 28.9. The van der Waals surface area contributed by atoms with Crippen molar-refractivity contribution in [2.75, 3.05) is 25.0 Å². The summed E-state index contributed by atoms with van der Waals surface area (Å²) in [4.78, 5) is 27.8. The second-order valence-corrected chi connectivity index (χ2v) is 11.8. The van der Waals surface area contributed by atoms with Crippen molar-refractivity contribution in [2.45, 2.75) is 38.3 Å². The maximum absolute atomic E-state index is 14.0. The molecule has 39 heavy (non-hydrogen) atoms. The zero-order valence-corrected chi connectivity index (χ0v) is 24.7. The van der Waals surface area contributed by atoms with E-state index in [1.54, 1.807) is 49.4 Å². The minimum Gasteiger partial charge on any atom is -0.495 e. The number of nitrogens with zero attached hydrogens (tertiary/aromatic N) is 2. The highest BCUT2D eigenvalue weighted by Gasteiger charge is 2.34. The van der Waals surface area contributed by atoms with E-state index in [1.165, 1.54) is 37.3 Å². The average Bonchev–Trinajstić information content (AvgIpc) is 2.90. The van der Waals surface area contributed by atoms with E-state index in [0.29, 0.717) is 15.6 Å². The van der Waals surface area contributed by atoms with Crippen molar-refractivity contribution in [3.05, 3.63) is 87.4 Å². The molecule has 0 unspecified atom stereocenters. The number of nitrogens with one attached hydrogen (secondary N) is 1. The number of likely N-dealkylation sites (N-methyl/N-ethyl adjacent to an activating group) is 1. The summed E-state index contributed by atoms with van der Waals surface area (Å²) < 4.78 is 34.4. The molecular formula is C28H31Cl2N3O5S. The van der Waals surface area contributed by atoms with Gasteiger partial charge in [0.2, 0.25) is 11.8 Å². The second-order valence-electron chi connectivity index (χ2n) is 9.05. The monoisotopic (exact) mass is 591 g/mol. The lowest BCUT2D eigenvalue weighted by atomic mass is 10.1. The molecule has 0 aliphatic heterocycles. The van der Waals surface area contributed by atoms with Crippen LogP contribution in [0.25, 0.3) is 0 Å². The van der Waals surface area contributed by atoms with Crippen LogP contribution in [0.15, 0.2) is 65.6 Å². The van der Waals surface area contributed by atoms with Crippen LogP contribution in [0.3, 0.4) is 0 Å². The highest BCUT2D eigenvalue weighted by Crippen LogP contribution is 2.34. The van der Waals surface area contributed by atoms with Crippen LogP contribution in [-0.4, -0.2) is 51.9 Å². The van der Waals surface area contributed by atoms with Gasteiger partial charge in [0.15, 0.2) is 0 Å². The average molecular weight is 593 g/mol. The lowest BCUT2D eigenvalue weighted by molar-refractivity contribution is -0.139. The molecule has 2 amide bonds. The minimum atomic E-state index is -4.23. The fourth-order valence-electron chi connectivity index (χ4n) is 3.97. The fourth-order valence-corrected chi connectivity index (χ4v) is 5.86. The molecule has 0 radical (unpaired) electrons. The van der Waals surface area contributed by atoms with Crippen LogP contribution in [0.4, 0.5) is 5.69 Å². The molecule has 208 valence electrons. The SMILES string of the molecule is CNC(=O)[C@@H](C)N(Cc1ccc(Cl)cc1Cl)C(=O)CN(c1cc(C)ccc1OC)S(=O)(=O)c1ccc(C)cc1. The molecule has 0 saturated heterocycles. The standard InChI is InChI=1S/C28H31Cl2N3O5S/c1-18-6-11-23(12-7-18)39(36,37)33(25-14-19(2)8-13-26(25)38-5)17-27(34)32(20(3)28(35)31-4)16-21-9-10-22(29)15-24(21)30/h6-15,20H,16-17H2,1-5H3,(H,31,35)/t20-/m1/s1. The maximum atomic E-state index is 14.0. The van der Waals surface area contributed by atoms with Gasteiger partial charge in [-0.15, -0.1) is 0 Å². The summed E-state index contributed by atoms with van der Waals surface area (Å²) in [5.74, 6) is -0.762. The van der Waals surface area contributed by atoms with Crippen molar-refractivity contribution < 1.29 is 22.7 Å². The summed E-state index contributed by atoms with van der Waals surface area (Å²) >= 11 is 12.4. The largest absolute Gasteiger partial charge is 0.495 e. The summed E-state index contributed by atoms with van der Waals surface area (Å²) in [7, 11) is -1.34. The highest BCUT2D eigenvalue weighted by molar-refractivity contribution is 7.92. The number of anilines is 1. The van der Waals surface area contributed by atoms with E-state index < -0.39 is 34.4 Å². The third-order valence-electron chi connectivity index (χ3n) is 6.26. The quantitative estimate of drug-likeness (QED) is 0.359. The fraction of sp³-hybridized carbons (Fsp3) is 0.286. The molecule has 3 aromatic carbocycles. The van der Waals surface area contributed by atoms with Gasteiger partial charge in [0.05, 0.1) is 17.7 Å². The van der Waals surface area contributed by atoms with E-state index in [0.717, 1.165) is 15.4 Å². The number of hydrogen-bond donors (Lipinski definition) is 1. The number of hydrogen-bond acceptors (Lipinski definition) is 5. The van der Waals surface area contributed by atoms with Gasteiger partial charge in [-0.1, -0.05) is 53.0 Å². The summed E-state index contributed by atoms with van der Waals surface area (Å²) in [6.07, 6.45) is 0. The van der Waals surface area contributed by atoms with Crippen molar-refractivity contribution >= 4 is 50.7 Å². The van der Waals surface area contributed by atoms with Crippen molar-refractivity contribution in [3.63, 3.8) is 0 Å². The molecule has 8 nitrogen and oxygen atoms in total. The Hall–Kier alpha value is -3.27. The Kier molecular flexibility index (Phi) is 9.88. The maximum Gasteiger partial charge on any atom is 0.264 e. The number of benzene rings is 3. The van der Waals surface area contributed by atoms with Gasteiger partial charge in [0.25, 0.3) is 10.0 Å². The van der Waals surface area contributed by atoms with E-state index in [4.69, 9.17) is 27.9 Å². The molecule has 0 heterocycles. The van der Waals surface area contributed by atoms with Gasteiger partial charge in [-0.2, -0.15) is 0 Å². The lowest BCUT2D eigenvalue weighted by Gasteiger charge is -2.32. The Balaban J connectivity index is 2.12. The molecule has 11 heteroatoms. The van der Waals surface area contributed by atoms with Crippen LogP contribution < -0.4 is 14.4 Å². The zero-order valence-electron chi connectivity index (χ0n) is 22.4. The van der Waals surface area contributed by atoms with Crippen molar-refractivity contribution in [3.8, 4) is 5.75 Å². The van der Waals surface area contributed by atoms with Crippen LogP contribution in [0.1, 0.15) is 23.6 Å². The summed E-state index contributed by atoms with van der Waals surface area (Å²) in [6, 6.07) is 15.3. The number of halogens is 2. The second kappa shape index (κ2) is 12.7. The predicted octanol–water partition coefficient (Wildman–Crippen LogP) is 4.98. The van der Waals surface area contributed by atoms with E-state index >= 15 is 0 Å². The summed E-state index contributed by atoms with van der Waals surface area (Å²) in [5, 5.41) is 3.28. The summed E-state index contributed by atoms with van der Waals surface area (Å²) in [6.45, 7) is 4.58. The first-order chi connectivity index (χ1) is 18.4. The molecule has 0 aromatic heterocycles. The summed E-state index contributed by atoms with van der Waals surface area (Å²) in [5.41, 5.74) is 2.40. The van der Waals surface area contributed by atoms with Gasteiger partial charge in [-0.05, 0) is 68.3 Å². The number of methoxy groups -OCH3 is 1. The first-order valence-corrected chi connectivity index (χ1v) is 14.3. The van der Waals surface area contributed by atoms with Gasteiger partial charge < -0.3 is 15.0 Å². The Morgan fingerprint density at radius 1 is 0.974 bits per heavy atom. The Morgan fingerprint density at radius 3 is 2.21 bits per heavy atom. The Labute approximate surface area is 239 Å². The molecule has 0 fully saturated rings. The highest BCUT2D eigenvalue weighted by atomic mass is 35.5. The molecule has 3 rings (SSSR count). The molecule has 3 aromatic rings. The number of carbonyl (C=O) groups excluding carboxylic acids is 2. The van der Waals surface area contributed by atoms with Gasteiger partial charge >= 0.3 is 0 Å². The molecule has 0 aliphatic rings. The van der Waals surface area contributed by atoms with Crippen LogP contribution in [0.2, 0.25) is 10.0 Å². The molecule has 0 bridgehead atoms. The smallest absolute Gasteiger partial charge is 0.264 e. The van der Waals surface area contributed by atoms with Crippen LogP contribution in [0, 0.1) is 13.8 Å². The van der Waals surface area contributed by atoms with Crippen molar-refractivity contribution in [2.24, 2.45) is 0 Å². The minimum absolute atomic E-state index is 0.0103. The van der Waals surface area contributed by atoms with Crippen LogP contribution in [-0.2, 0) is 26.2 Å². The first-order valence-electron chi connectivity index (χ1n) is 12.1. The van der Waals surface area contributed by atoms with E-state index in [2.05, 4.69) is 5.32 Å². The van der Waals surface area contributed by atoms with Gasteiger partial charge in [-0.25, -0.2) is 8.42 Å². The normalized spacial score (nSPS) is 12.0. The van der Waals surface area contributed by atoms with Gasteiger partial charge in [0.1, 0.15) is 18.3 Å². The predicted molar refractivity (Wildman–Crippen MR) is 154 cm³/mol. The Morgan fingerprint density at radius 2 is 1.62 bits per heavy atom. The molecule has 0 spiro atoms. The number of aryl methyl sites for hydroxylation is 2. The van der Waals surface area contributed by atoms with Crippen molar-refractivity contribution in [1.29, 1.82) is 0 Å². The molecule has 0 saturated carbocycles. The number of rotatable bonds is 10. The molecule has 1 atom stereocenters. The third kappa shape index (κ3) is 7.03. The van der Waals surface area contributed by atoms with Gasteiger partial charge in [0, 0.05) is 23.6 Å². The van der Waals surface area contributed by atoms with E-state index in [-0.39, 0.29) is 22.9 Å². The number of ether oxygens (including phenoxy) is 1. The third-order valence-corrected chi connectivity index (χ3v) is 8.62. The topological polar surface area (TPSA) is 96.0 Å². The lowest BCUT2D eigenvalue weighted by Crippen LogP contribution is -2.50. The molecular weight excluding hydrogens is 561 g/mol. The number of amides is 2. The Bertz CT molecular complexity index is 1460. The van der Waals surface area contributed by atoms with E-state index in [9.17, 15) is 18.0 Å². The molecule has 0 aliphatic carbocycles. The van der Waals surface area contributed by atoms with Crippen LogP contribution >= 0.6 is 23.2 Å². The van der Waals surface area contributed by atoms with Gasteiger partial charge in [-0.3, -0.25) is 13.9 Å². The van der Waals surface area contributed by atoms with Crippen molar-refractivity contribution in [1.82, 2.24) is 10.2 Å². The number of sulfonamides is 1. The number of carbonyl (C=O) groups is 2. The first kappa shape index (κ1) is 30.3.